The fraction of sp³-hybridized carbons (Fsp3) is 0.368. The molecule has 3 nitrogen and oxygen atoms in total. The lowest BCUT2D eigenvalue weighted by molar-refractivity contribution is 0.195. The summed E-state index contributed by atoms with van der Waals surface area (Å²) in [5, 5.41) is 2.69. The highest BCUT2D eigenvalue weighted by molar-refractivity contribution is 7.26. The predicted octanol–water partition coefficient (Wildman–Crippen LogP) is 19.5. The Morgan fingerprint density at radius 2 is 1.02 bits per heavy atom. The SMILES string of the molecule is CC(C)(C)c1ccc(N2c3cc4sc5ccccc5c4cc3B3c4cc5c(cc4N(c4ccc6c(c4)C(C)(C)CCC6(C)C)c4cc(N6c7ccccc7C7(C)CCCCC67C)cc2c43)C(C)(C)CCC5(C)C)c(-c2ccccc2)c1. The lowest BCUT2D eigenvalue weighted by Crippen LogP contribution is -2.62. The van der Waals surface area contributed by atoms with Crippen LogP contribution in [-0.4, -0.2) is 12.3 Å². The molecule has 1 saturated carbocycles. The number of hydrogen-bond donors (Lipinski definition) is 0. The molecule has 2 atom stereocenters. The summed E-state index contributed by atoms with van der Waals surface area (Å²) >= 11 is 1.94. The van der Waals surface area contributed by atoms with E-state index in [1.54, 1.807) is 0 Å². The van der Waals surface area contributed by atoms with Crippen LogP contribution in [0, 0.1) is 0 Å². The first kappa shape index (κ1) is 51.3. The van der Waals surface area contributed by atoms with E-state index in [-0.39, 0.29) is 44.7 Å². The Bertz CT molecular complexity index is 4130. The van der Waals surface area contributed by atoms with E-state index in [0.717, 1.165) is 25.7 Å². The number of anilines is 8. The Kier molecular flexibility index (Phi) is 10.8. The van der Waals surface area contributed by atoms with Crippen LogP contribution in [0.2, 0.25) is 0 Å². The first-order valence-corrected chi connectivity index (χ1v) is 31.5. The van der Waals surface area contributed by atoms with E-state index >= 15 is 0 Å². The molecule has 0 spiro atoms. The van der Waals surface area contributed by atoms with Crippen LogP contribution in [0.5, 0.6) is 0 Å². The summed E-state index contributed by atoms with van der Waals surface area (Å²) < 4.78 is 2.67. The molecule has 1 aromatic heterocycles. The number of benzene rings is 8. The molecular formula is C76H80BN3S. The van der Waals surface area contributed by atoms with E-state index in [0.29, 0.717) is 0 Å². The van der Waals surface area contributed by atoms with E-state index in [1.165, 1.54) is 152 Å². The maximum absolute atomic E-state index is 2.85. The van der Waals surface area contributed by atoms with E-state index < -0.39 is 0 Å². The highest BCUT2D eigenvalue weighted by atomic mass is 32.1. The zero-order valence-electron chi connectivity index (χ0n) is 50.4. The van der Waals surface area contributed by atoms with E-state index in [2.05, 4.69) is 256 Å². The largest absolute Gasteiger partial charge is 0.334 e. The van der Waals surface area contributed by atoms with Crippen molar-refractivity contribution in [1.29, 1.82) is 0 Å². The van der Waals surface area contributed by atoms with Crippen molar-refractivity contribution >= 4 is 100 Å². The van der Waals surface area contributed by atoms with Crippen molar-refractivity contribution in [3.05, 3.63) is 185 Å². The Hall–Kier alpha value is -6.56. The molecule has 0 saturated heterocycles. The van der Waals surface area contributed by atoms with Gasteiger partial charge < -0.3 is 14.7 Å². The second-order valence-corrected chi connectivity index (χ2v) is 30.8. The van der Waals surface area contributed by atoms with Crippen LogP contribution < -0.4 is 31.1 Å². The normalized spacial score (nSPS) is 22.4. The van der Waals surface area contributed by atoms with Gasteiger partial charge in [-0.25, -0.2) is 0 Å². The van der Waals surface area contributed by atoms with Crippen molar-refractivity contribution in [3.8, 4) is 11.1 Å². The maximum Gasteiger partial charge on any atom is 0.252 e. The molecule has 0 radical (unpaired) electrons. The highest BCUT2D eigenvalue weighted by Gasteiger charge is 2.58. The number of fused-ring (bicyclic) bond motifs is 12. The highest BCUT2D eigenvalue weighted by Crippen LogP contribution is 2.62. The van der Waals surface area contributed by atoms with Crippen LogP contribution in [0.15, 0.2) is 152 Å². The van der Waals surface area contributed by atoms with Crippen LogP contribution in [-0.2, 0) is 32.5 Å². The molecule has 81 heavy (non-hydrogen) atoms. The van der Waals surface area contributed by atoms with Gasteiger partial charge >= 0.3 is 0 Å². The van der Waals surface area contributed by atoms with Crippen molar-refractivity contribution in [1.82, 2.24) is 0 Å². The summed E-state index contributed by atoms with van der Waals surface area (Å²) in [6, 6.07) is 61.1. The van der Waals surface area contributed by atoms with E-state index in [4.69, 9.17) is 0 Å². The fourth-order valence-corrected chi connectivity index (χ4v) is 17.9. The third-order valence-corrected chi connectivity index (χ3v) is 23.2. The number of hydrogen-bond acceptors (Lipinski definition) is 4. The van der Waals surface area contributed by atoms with Gasteiger partial charge in [0.15, 0.2) is 0 Å². The smallest absolute Gasteiger partial charge is 0.252 e. The van der Waals surface area contributed by atoms with Crippen molar-refractivity contribution in [2.75, 3.05) is 14.7 Å². The quantitative estimate of drug-likeness (QED) is 0.163. The molecule has 5 heteroatoms. The van der Waals surface area contributed by atoms with Gasteiger partial charge in [0.05, 0.1) is 11.2 Å². The van der Waals surface area contributed by atoms with Crippen LogP contribution >= 0.6 is 11.3 Å². The van der Waals surface area contributed by atoms with Crippen LogP contribution in [0.25, 0.3) is 31.3 Å². The minimum absolute atomic E-state index is 0.0100. The molecule has 0 amide bonds. The van der Waals surface area contributed by atoms with Gasteiger partial charge in [0.2, 0.25) is 0 Å². The lowest BCUT2D eigenvalue weighted by atomic mass is 9.33. The molecule has 3 aliphatic carbocycles. The topological polar surface area (TPSA) is 9.72 Å². The van der Waals surface area contributed by atoms with Gasteiger partial charge in [-0.05, 0) is 194 Å². The van der Waals surface area contributed by atoms with E-state index in [1.807, 2.05) is 11.3 Å². The summed E-state index contributed by atoms with van der Waals surface area (Å²) in [6.07, 6.45) is 9.46. The first-order chi connectivity index (χ1) is 38.5. The summed E-state index contributed by atoms with van der Waals surface area (Å²) in [5.41, 5.74) is 25.8. The van der Waals surface area contributed by atoms with Crippen molar-refractivity contribution in [3.63, 3.8) is 0 Å². The zero-order chi connectivity index (χ0) is 56.1. The molecule has 0 bridgehead atoms. The zero-order valence-corrected chi connectivity index (χ0v) is 51.2. The van der Waals surface area contributed by atoms with Gasteiger partial charge in [-0.15, -0.1) is 11.3 Å². The van der Waals surface area contributed by atoms with Gasteiger partial charge in [0, 0.05) is 65.6 Å². The van der Waals surface area contributed by atoms with Gasteiger partial charge in [0.1, 0.15) is 0 Å². The molecule has 15 rings (SSSR count). The molecule has 0 N–H and O–H groups in total. The van der Waals surface area contributed by atoms with Crippen LogP contribution in [0.1, 0.15) is 175 Å². The molecule has 9 aromatic rings. The van der Waals surface area contributed by atoms with Crippen molar-refractivity contribution in [2.45, 2.75) is 179 Å². The minimum atomic E-state index is -0.146. The standard InChI is InChI=1S/C76H80BN3S/c1-70(2,3)48-29-32-61(52(39-48)47-23-15-14-16-24-47)79-64-46-68-53(51-25-17-20-28-67(51)81-68)43-59(64)77-60-44-57-58(74(10,11)38-37-73(57,8)9)45-63(60)78(49-30-31-54-56(40-49)72(6,7)36-35-71(54,4)5)65-41-50(42-66(79)69(65)77)80-62-27-19-18-26-55(62)75(12)33-21-22-34-76(75,80)13/h14-20,23-32,39-46H,21-22,33-38H2,1-13H3. The third-order valence-electron chi connectivity index (χ3n) is 22.1. The van der Waals surface area contributed by atoms with E-state index in [9.17, 15) is 0 Å². The number of para-hydroxylation sites is 1. The van der Waals surface area contributed by atoms with Crippen molar-refractivity contribution in [2.24, 2.45) is 0 Å². The summed E-state index contributed by atoms with van der Waals surface area (Å²) in [5.74, 6) is 0. The molecule has 408 valence electrons. The number of rotatable bonds is 4. The minimum Gasteiger partial charge on any atom is -0.334 e. The average Bonchev–Trinajstić information content (AvgIpc) is 2.91. The second kappa shape index (κ2) is 17.0. The Balaban J connectivity index is 1.13. The first-order valence-electron chi connectivity index (χ1n) is 30.7. The number of nitrogens with zero attached hydrogens (tertiary/aromatic N) is 3. The molecular weight excluding hydrogens is 998 g/mol. The van der Waals surface area contributed by atoms with Crippen LogP contribution in [0.3, 0.4) is 0 Å². The third kappa shape index (κ3) is 7.25. The van der Waals surface area contributed by atoms with Gasteiger partial charge in [-0.1, -0.05) is 187 Å². The summed E-state index contributed by atoms with van der Waals surface area (Å²) in [4.78, 5) is 8.39. The lowest BCUT2D eigenvalue weighted by Gasteiger charge is -2.51. The summed E-state index contributed by atoms with van der Waals surface area (Å²) in [6.45, 7) is 32.3. The molecule has 3 aliphatic heterocycles. The number of thiophene rings is 1. The predicted molar refractivity (Wildman–Crippen MR) is 351 cm³/mol. The Labute approximate surface area is 487 Å². The van der Waals surface area contributed by atoms with Gasteiger partial charge in [0.25, 0.3) is 6.71 Å². The molecule has 8 aromatic carbocycles. The van der Waals surface area contributed by atoms with Gasteiger partial charge in [-0.2, -0.15) is 0 Å². The monoisotopic (exact) mass is 1080 g/mol. The molecule has 2 unspecified atom stereocenters. The molecule has 4 heterocycles. The van der Waals surface area contributed by atoms with Crippen LogP contribution in [0.4, 0.5) is 45.5 Å². The average molecular weight is 1080 g/mol. The molecule has 1 fully saturated rings. The van der Waals surface area contributed by atoms with Gasteiger partial charge in [-0.3, -0.25) is 0 Å². The molecule has 6 aliphatic rings. The second-order valence-electron chi connectivity index (χ2n) is 29.7. The summed E-state index contributed by atoms with van der Waals surface area (Å²) in [7, 11) is 0. The Morgan fingerprint density at radius 1 is 0.420 bits per heavy atom. The maximum atomic E-state index is 2.85. The Morgan fingerprint density at radius 3 is 1.75 bits per heavy atom. The van der Waals surface area contributed by atoms with Crippen molar-refractivity contribution < 1.29 is 0 Å². The fourth-order valence-electron chi connectivity index (χ4n) is 16.8.